The second-order valence-electron chi connectivity index (χ2n) is 5.55. The standard InChI is InChI=1S/C13H16BrN5O2/c1-8-2-3-9(7-18(8)13(20)21)11-10-6-16-4-5-19(10,15)12(14)17-11/h4-6,8-9H,2-3,7,15H2,1H3. The zero-order chi connectivity index (χ0) is 15.2. The molecule has 0 aromatic rings. The lowest BCUT2D eigenvalue weighted by molar-refractivity contribution is -0.746. The summed E-state index contributed by atoms with van der Waals surface area (Å²) in [5.41, 5.74) is 1.58. The summed E-state index contributed by atoms with van der Waals surface area (Å²) in [6.07, 6.45) is 5.56. The van der Waals surface area contributed by atoms with Gasteiger partial charge in [0, 0.05) is 34.4 Å². The van der Waals surface area contributed by atoms with Gasteiger partial charge in [-0.25, -0.2) is 0 Å². The van der Waals surface area contributed by atoms with Crippen molar-refractivity contribution in [1.82, 2.24) is 4.90 Å². The van der Waals surface area contributed by atoms with E-state index in [9.17, 15) is 9.90 Å². The Balaban J connectivity index is 1.94. The number of aliphatic imine (C=N–C) groups is 2. The van der Waals surface area contributed by atoms with Crippen LogP contribution in [0.4, 0.5) is 4.79 Å². The third-order valence-corrected chi connectivity index (χ3v) is 5.03. The van der Waals surface area contributed by atoms with Gasteiger partial charge in [0.2, 0.25) is 5.70 Å². The maximum absolute atomic E-state index is 11.2. The number of rotatable bonds is 1. The highest BCUT2D eigenvalue weighted by Crippen LogP contribution is 2.37. The molecule has 3 aliphatic heterocycles. The Morgan fingerprint density at radius 2 is 2.33 bits per heavy atom. The van der Waals surface area contributed by atoms with E-state index in [1.54, 1.807) is 18.6 Å². The molecule has 3 heterocycles. The fourth-order valence-electron chi connectivity index (χ4n) is 2.97. The quantitative estimate of drug-likeness (QED) is 0.426. The van der Waals surface area contributed by atoms with E-state index in [1.807, 2.05) is 6.92 Å². The maximum Gasteiger partial charge on any atom is 0.301 e. The largest absolute Gasteiger partial charge is 0.530 e. The molecule has 3 unspecified atom stereocenters. The lowest BCUT2D eigenvalue weighted by Gasteiger charge is -2.39. The second-order valence-corrected chi connectivity index (χ2v) is 6.26. The van der Waals surface area contributed by atoms with Crippen molar-refractivity contribution in [3.8, 4) is 0 Å². The van der Waals surface area contributed by atoms with Crippen LogP contribution < -0.4 is 10.9 Å². The summed E-state index contributed by atoms with van der Waals surface area (Å²) in [6, 6.07) is -0.0253. The molecule has 3 rings (SSSR count). The zero-order valence-corrected chi connectivity index (χ0v) is 13.2. The molecule has 2 N–H and O–H groups in total. The monoisotopic (exact) mass is 353 g/mol. The van der Waals surface area contributed by atoms with Crippen LogP contribution in [0, 0.1) is 5.92 Å². The number of nitrogens with two attached hydrogens (primary N) is 1. The number of amides is 1. The van der Waals surface area contributed by atoms with Crippen molar-refractivity contribution < 1.29 is 14.5 Å². The van der Waals surface area contributed by atoms with E-state index in [0.29, 0.717) is 11.3 Å². The average Bonchev–Trinajstić information content (AvgIpc) is 2.71. The van der Waals surface area contributed by atoms with E-state index in [-0.39, 0.29) is 16.6 Å². The first-order valence-corrected chi connectivity index (χ1v) is 7.58. The van der Waals surface area contributed by atoms with Crippen LogP contribution in [0.1, 0.15) is 19.8 Å². The molecule has 0 aromatic carbocycles. The molecule has 1 fully saturated rings. The summed E-state index contributed by atoms with van der Waals surface area (Å²) in [7, 11) is 0. The van der Waals surface area contributed by atoms with Gasteiger partial charge in [0.15, 0.2) is 0 Å². The molecule has 1 saturated heterocycles. The third kappa shape index (κ3) is 2.23. The van der Waals surface area contributed by atoms with Crippen molar-refractivity contribution in [2.24, 2.45) is 21.7 Å². The van der Waals surface area contributed by atoms with Crippen molar-refractivity contribution >= 4 is 33.0 Å². The Hall–Kier alpha value is -1.51. The molecule has 8 heteroatoms. The topological polar surface area (TPSA) is 94.1 Å². The third-order valence-electron chi connectivity index (χ3n) is 4.27. The van der Waals surface area contributed by atoms with Crippen LogP contribution in [0.5, 0.6) is 0 Å². The van der Waals surface area contributed by atoms with E-state index >= 15 is 0 Å². The molecule has 0 bridgehead atoms. The lowest BCUT2D eigenvalue weighted by Crippen LogP contribution is -2.52. The summed E-state index contributed by atoms with van der Waals surface area (Å²) >= 11 is 3.40. The molecule has 3 aliphatic rings. The number of carbonyl (C=O) groups excluding carboxylic acids is 1. The Labute approximate surface area is 130 Å². The van der Waals surface area contributed by atoms with E-state index in [1.165, 1.54) is 4.90 Å². The van der Waals surface area contributed by atoms with Crippen LogP contribution in [-0.2, 0) is 0 Å². The number of halogens is 1. The van der Waals surface area contributed by atoms with Crippen LogP contribution in [0.3, 0.4) is 0 Å². The Morgan fingerprint density at radius 3 is 3.05 bits per heavy atom. The molecule has 0 saturated carbocycles. The van der Waals surface area contributed by atoms with E-state index < -0.39 is 6.09 Å². The molecular formula is C13H16BrN5O2. The first kappa shape index (κ1) is 14.4. The van der Waals surface area contributed by atoms with Crippen LogP contribution in [0.15, 0.2) is 33.8 Å². The molecule has 3 atom stereocenters. The first-order valence-electron chi connectivity index (χ1n) is 6.79. The molecule has 0 aromatic heterocycles. The number of nitrogens with zero attached hydrogens (tertiary/aromatic N) is 4. The van der Waals surface area contributed by atoms with Gasteiger partial charge in [0.25, 0.3) is 0 Å². The smallest absolute Gasteiger partial charge is 0.301 e. The molecule has 21 heavy (non-hydrogen) atoms. The van der Waals surface area contributed by atoms with Gasteiger partial charge in [-0.1, -0.05) is 0 Å². The van der Waals surface area contributed by atoms with Crippen molar-refractivity contribution in [2.75, 3.05) is 6.54 Å². The molecule has 0 radical (unpaired) electrons. The summed E-state index contributed by atoms with van der Waals surface area (Å²) < 4.78 is 0.532. The molecular weight excluding hydrogens is 338 g/mol. The summed E-state index contributed by atoms with van der Waals surface area (Å²) in [5.74, 6) is 6.31. The summed E-state index contributed by atoms with van der Waals surface area (Å²) in [6.45, 7) is 2.27. The minimum Gasteiger partial charge on any atom is -0.530 e. The number of hydrogen-bond donors (Lipinski definition) is 1. The Bertz CT molecular complexity index is 612. The summed E-state index contributed by atoms with van der Waals surface area (Å²) in [5, 5.41) is 11.2. The van der Waals surface area contributed by atoms with Gasteiger partial charge in [-0.3, -0.25) is 4.99 Å². The number of fused-ring (bicyclic) bond motifs is 1. The van der Waals surface area contributed by atoms with Gasteiger partial charge >= 0.3 is 4.74 Å². The summed E-state index contributed by atoms with van der Waals surface area (Å²) in [4.78, 5) is 21.2. The average molecular weight is 354 g/mol. The van der Waals surface area contributed by atoms with Crippen LogP contribution in [0.2, 0.25) is 0 Å². The van der Waals surface area contributed by atoms with Gasteiger partial charge in [0.05, 0.1) is 12.4 Å². The van der Waals surface area contributed by atoms with Gasteiger partial charge < -0.3 is 14.8 Å². The fraction of sp³-hybridized carbons (Fsp3) is 0.462. The van der Waals surface area contributed by atoms with Gasteiger partial charge in [-0.05, 0) is 19.8 Å². The van der Waals surface area contributed by atoms with Crippen molar-refractivity contribution in [3.05, 3.63) is 23.8 Å². The SMILES string of the molecule is CC1CCC(C2=C3C=NC=C[N+]3(N)C(Br)=N2)CN1C(=O)[O-]. The molecule has 7 nitrogen and oxygen atoms in total. The highest BCUT2D eigenvalue weighted by atomic mass is 79.9. The van der Waals surface area contributed by atoms with E-state index in [0.717, 1.165) is 24.2 Å². The molecule has 112 valence electrons. The van der Waals surface area contributed by atoms with Crippen LogP contribution >= 0.6 is 15.9 Å². The number of likely N-dealkylation sites (tertiary alicyclic amines) is 1. The number of piperidine rings is 1. The van der Waals surface area contributed by atoms with Gasteiger partial charge in [0.1, 0.15) is 18.0 Å². The highest BCUT2D eigenvalue weighted by Gasteiger charge is 2.45. The molecule has 0 aliphatic carbocycles. The lowest BCUT2D eigenvalue weighted by atomic mass is 9.90. The molecule has 0 spiro atoms. The number of quaternary nitrogens is 1. The normalized spacial score (nSPS) is 35.0. The maximum atomic E-state index is 11.2. The Morgan fingerprint density at radius 1 is 1.57 bits per heavy atom. The van der Waals surface area contributed by atoms with E-state index in [2.05, 4.69) is 25.9 Å². The van der Waals surface area contributed by atoms with Crippen molar-refractivity contribution in [1.29, 1.82) is 0 Å². The number of carboxylic acid groups (broad SMARTS) is 1. The Kier molecular flexibility index (Phi) is 3.46. The van der Waals surface area contributed by atoms with Gasteiger partial charge in [-0.15, -0.1) is 4.59 Å². The second kappa shape index (κ2) is 5.04. The number of amidine groups is 1. The predicted octanol–water partition coefficient (Wildman–Crippen LogP) is 0.652. The zero-order valence-electron chi connectivity index (χ0n) is 11.6. The van der Waals surface area contributed by atoms with Crippen LogP contribution in [0.25, 0.3) is 0 Å². The minimum atomic E-state index is -1.13. The molecule has 1 amide bonds. The number of allylic oxidation sites excluding steroid dienone is 1. The van der Waals surface area contributed by atoms with Crippen molar-refractivity contribution in [2.45, 2.75) is 25.8 Å². The number of carbonyl (C=O) groups is 1. The van der Waals surface area contributed by atoms with Crippen molar-refractivity contribution in [3.63, 3.8) is 0 Å². The first-order chi connectivity index (χ1) is 9.93. The van der Waals surface area contributed by atoms with Gasteiger partial charge in [-0.2, -0.15) is 10.8 Å². The number of hydrogen-bond acceptors (Lipinski definition) is 5. The minimum absolute atomic E-state index is 0.00292. The van der Waals surface area contributed by atoms with Crippen LogP contribution in [-0.4, -0.2) is 39.1 Å². The highest BCUT2D eigenvalue weighted by molar-refractivity contribution is 9.18. The van der Waals surface area contributed by atoms with E-state index in [4.69, 9.17) is 5.84 Å². The fourth-order valence-corrected chi connectivity index (χ4v) is 3.47. The predicted molar refractivity (Wildman–Crippen MR) is 79.8 cm³/mol.